The molecule has 1 aromatic carbocycles. The van der Waals surface area contributed by atoms with Crippen molar-refractivity contribution in [2.75, 3.05) is 7.11 Å². The molecule has 0 bridgehead atoms. The predicted octanol–water partition coefficient (Wildman–Crippen LogP) is 3.49. The number of carbonyl (C=O) groups excluding carboxylic acids is 1. The maximum atomic E-state index is 12.7. The molecule has 0 N–H and O–H groups in total. The molecular formula is C15H17ClN2O2. The molecule has 0 saturated heterocycles. The van der Waals surface area contributed by atoms with Gasteiger partial charge in [-0.1, -0.05) is 30.2 Å². The zero-order chi connectivity index (χ0) is 14.7. The molecule has 0 amide bonds. The summed E-state index contributed by atoms with van der Waals surface area (Å²) in [5.41, 5.74) is 1.91. The average molecular weight is 293 g/mol. The van der Waals surface area contributed by atoms with Crippen LogP contribution < -0.4 is 4.74 Å². The first kappa shape index (κ1) is 14.6. The van der Waals surface area contributed by atoms with Gasteiger partial charge in [0.1, 0.15) is 11.4 Å². The number of hydrogen-bond acceptors (Lipinski definition) is 3. The van der Waals surface area contributed by atoms with E-state index in [1.165, 1.54) is 6.20 Å². The molecule has 2 aromatic rings. The van der Waals surface area contributed by atoms with Crippen molar-refractivity contribution >= 4 is 17.4 Å². The molecule has 0 spiro atoms. The van der Waals surface area contributed by atoms with E-state index in [1.807, 2.05) is 19.9 Å². The van der Waals surface area contributed by atoms with E-state index >= 15 is 0 Å². The number of ketones is 1. The van der Waals surface area contributed by atoms with Crippen LogP contribution in [0.4, 0.5) is 0 Å². The number of aryl methyl sites for hydroxylation is 2. The fourth-order valence-corrected chi connectivity index (χ4v) is 2.32. The first-order valence-electron chi connectivity index (χ1n) is 6.49. The second-order valence-electron chi connectivity index (χ2n) is 4.60. The van der Waals surface area contributed by atoms with Crippen molar-refractivity contribution in [3.8, 4) is 5.75 Å². The molecule has 0 aliphatic heterocycles. The standard InChI is InChI=1S/C15H17ClN2O2/c1-4-7-18-14(12(16)9-17-18)15(19)11-8-10(2)5-6-13(11)20-3/h5-6,8-9H,4,7H2,1-3H3. The predicted molar refractivity (Wildman–Crippen MR) is 78.7 cm³/mol. The van der Waals surface area contributed by atoms with Crippen molar-refractivity contribution in [1.29, 1.82) is 0 Å². The van der Waals surface area contributed by atoms with Gasteiger partial charge in [-0.05, 0) is 25.5 Å². The number of methoxy groups -OCH3 is 1. The number of aromatic nitrogens is 2. The van der Waals surface area contributed by atoms with Gasteiger partial charge in [-0.3, -0.25) is 9.48 Å². The third kappa shape index (κ3) is 2.70. The number of carbonyl (C=O) groups is 1. The zero-order valence-corrected chi connectivity index (χ0v) is 12.6. The van der Waals surface area contributed by atoms with Crippen molar-refractivity contribution in [2.45, 2.75) is 26.8 Å². The van der Waals surface area contributed by atoms with E-state index in [9.17, 15) is 4.79 Å². The molecule has 5 heteroatoms. The lowest BCUT2D eigenvalue weighted by Gasteiger charge is -2.10. The van der Waals surface area contributed by atoms with E-state index in [0.29, 0.717) is 28.6 Å². The van der Waals surface area contributed by atoms with Crippen LogP contribution in [-0.2, 0) is 6.54 Å². The van der Waals surface area contributed by atoms with E-state index in [0.717, 1.165) is 12.0 Å². The Morgan fingerprint density at radius 1 is 1.45 bits per heavy atom. The van der Waals surface area contributed by atoms with Gasteiger partial charge in [0.25, 0.3) is 0 Å². The highest BCUT2D eigenvalue weighted by Gasteiger charge is 2.22. The Labute approximate surface area is 123 Å². The summed E-state index contributed by atoms with van der Waals surface area (Å²) in [5, 5.41) is 4.52. The second kappa shape index (κ2) is 6.09. The van der Waals surface area contributed by atoms with Crippen LogP contribution in [0.25, 0.3) is 0 Å². The van der Waals surface area contributed by atoms with Gasteiger partial charge in [-0.2, -0.15) is 5.10 Å². The highest BCUT2D eigenvalue weighted by atomic mass is 35.5. The number of benzene rings is 1. The Hall–Kier alpha value is -1.81. The van der Waals surface area contributed by atoms with Crippen molar-refractivity contribution in [3.63, 3.8) is 0 Å². The summed E-state index contributed by atoms with van der Waals surface area (Å²) in [6.45, 7) is 4.61. The zero-order valence-electron chi connectivity index (χ0n) is 11.8. The van der Waals surface area contributed by atoms with Crippen LogP contribution in [0.1, 0.15) is 35.0 Å². The summed E-state index contributed by atoms with van der Waals surface area (Å²) in [7, 11) is 1.55. The number of nitrogens with zero attached hydrogens (tertiary/aromatic N) is 2. The van der Waals surface area contributed by atoms with Crippen LogP contribution in [0.15, 0.2) is 24.4 Å². The quantitative estimate of drug-likeness (QED) is 0.792. The van der Waals surface area contributed by atoms with Gasteiger partial charge in [0.05, 0.1) is 23.9 Å². The molecule has 4 nitrogen and oxygen atoms in total. The topological polar surface area (TPSA) is 44.1 Å². The Balaban J connectivity index is 2.51. The lowest BCUT2D eigenvalue weighted by molar-refractivity contribution is 0.102. The highest BCUT2D eigenvalue weighted by Crippen LogP contribution is 2.26. The van der Waals surface area contributed by atoms with Crippen LogP contribution in [0.3, 0.4) is 0 Å². The van der Waals surface area contributed by atoms with Crippen molar-refractivity contribution < 1.29 is 9.53 Å². The van der Waals surface area contributed by atoms with Gasteiger partial charge >= 0.3 is 0 Å². The van der Waals surface area contributed by atoms with Gasteiger partial charge < -0.3 is 4.74 Å². The summed E-state index contributed by atoms with van der Waals surface area (Å²) in [6.07, 6.45) is 2.38. The average Bonchev–Trinajstić information content (AvgIpc) is 2.79. The molecule has 0 aliphatic rings. The molecule has 2 rings (SSSR count). The number of hydrogen-bond donors (Lipinski definition) is 0. The van der Waals surface area contributed by atoms with Crippen LogP contribution in [0, 0.1) is 6.92 Å². The number of halogens is 1. The summed E-state index contributed by atoms with van der Waals surface area (Å²) in [4.78, 5) is 12.7. The first-order chi connectivity index (χ1) is 9.58. The molecular weight excluding hydrogens is 276 g/mol. The van der Waals surface area contributed by atoms with Crippen LogP contribution >= 0.6 is 11.6 Å². The lowest BCUT2D eigenvalue weighted by atomic mass is 10.0. The third-order valence-corrected chi connectivity index (χ3v) is 3.32. The van der Waals surface area contributed by atoms with E-state index in [1.54, 1.807) is 23.9 Å². The minimum Gasteiger partial charge on any atom is -0.496 e. The van der Waals surface area contributed by atoms with Gasteiger partial charge in [-0.15, -0.1) is 0 Å². The molecule has 0 saturated carbocycles. The monoisotopic (exact) mass is 292 g/mol. The highest BCUT2D eigenvalue weighted by molar-refractivity contribution is 6.34. The first-order valence-corrected chi connectivity index (χ1v) is 6.87. The van der Waals surface area contributed by atoms with Gasteiger partial charge in [-0.25, -0.2) is 0 Å². The number of rotatable bonds is 5. The summed E-state index contributed by atoms with van der Waals surface area (Å²) in [6, 6.07) is 5.50. The largest absolute Gasteiger partial charge is 0.496 e. The Kier molecular flexibility index (Phi) is 4.45. The van der Waals surface area contributed by atoms with Crippen molar-refractivity contribution in [1.82, 2.24) is 9.78 Å². The van der Waals surface area contributed by atoms with Gasteiger partial charge in [0.15, 0.2) is 0 Å². The molecule has 1 aromatic heterocycles. The Bertz CT molecular complexity index is 635. The minimum atomic E-state index is -0.165. The molecule has 0 atom stereocenters. The molecule has 0 unspecified atom stereocenters. The van der Waals surface area contributed by atoms with E-state index in [4.69, 9.17) is 16.3 Å². The molecule has 0 aliphatic carbocycles. The van der Waals surface area contributed by atoms with Crippen molar-refractivity contribution in [3.05, 3.63) is 46.2 Å². The van der Waals surface area contributed by atoms with E-state index in [2.05, 4.69) is 5.10 Å². The van der Waals surface area contributed by atoms with Gasteiger partial charge in [0.2, 0.25) is 5.78 Å². The van der Waals surface area contributed by atoms with E-state index in [-0.39, 0.29) is 5.78 Å². The maximum absolute atomic E-state index is 12.7. The lowest BCUT2D eigenvalue weighted by Crippen LogP contribution is -2.13. The molecule has 20 heavy (non-hydrogen) atoms. The smallest absolute Gasteiger partial charge is 0.216 e. The Morgan fingerprint density at radius 3 is 2.85 bits per heavy atom. The normalized spacial score (nSPS) is 10.6. The fraction of sp³-hybridized carbons (Fsp3) is 0.333. The fourth-order valence-electron chi connectivity index (χ4n) is 2.10. The molecule has 1 heterocycles. The summed E-state index contributed by atoms with van der Waals surface area (Å²) < 4.78 is 6.91. The molecule has 0 radical (unpaired) electrons. The van der Waals surface area contributed by atoms with Crippen LogP contribution in [0.5, 0.6) is 5.75 Å². The Morgan fingerprint density at radius 2 is 2.20 bits per heavy atom. The van der Waals surface area contributed by atoms with Gasteiger partial charge in [0, 0.05) is 6.54 Å². The second-order valence-corrected chi connectivity index (χ2v) is 5.00. The summed E-state index contributed by atoms with van der Waals surface area (Å²) >= 11 is 6.12. The SMILES string of the molecule is CCCn1ncc(Cl)c1C(=O)c1cc(C)ccc1OC. The molecule has 106 valence electrons. The molecule has 0 fully saturated rings. The van der Waals surface area contributed by atoms with Crippen LogP contribution in [0.2, 0.25) is 5.02 Å². The van der Waals surface area contributed by atoms with Crippen LogP contribution in [-0.4, -0.2) is 22.7 Å². The maximum Gasteiger partial charge on any atom is 0.216 e. The summed E-state index contributed by atoms with van der Waals surface area (Å²) in [5.74, 6) is 0.377. The van der Waals surface area contributed by atoms with E-state index < -0.39 is 0 Å². The third-order valence-electron chi connectivity index (χ3n) is 3.04. The van der Waals surface area contributed by atoms with Crippen molar-refractivity contribution in [2.24, 2.45) is 0 Å². The minimum absolute atomic E-state index is 0.165. The number of ether oxygens (including phenoxy) is 1.